The number of pyridine rings is 1. The lowest BCUT2D eigenvalue weighted by atomic mass is 10.1. The van der Waals surface area contributed by atoms with Gasteiger partial charge in [-0.1, -0.05) is 17.7 Å². The first-order valence-corrected chi connectivity index (χ1v) is 9.07. The number of nitrogens with zero attached hydrogens (tertiary/aromatic N) is 1. The molecule has 0 unspecified atom stereocenters. The van der Waals surface area contributed by atoms with E-state index in [1.165, 1.54) is 18.3 Å². The Kier molecular flexibility index (Phi) is 7.62. The van der Waals surface area contributed by atoms with Crippen LogP contribution in [-0.2, 0) is 11.3 Å². The third kappa shape index (κ3) is 7.61. The highest BCUT2D eigenvalue weighted by atomic mass is 19.4. The SMILES string of the molecule is Cc1cc(C)c(NC(=O)CNC(=O)NCc2ccnc(OCC(F)(F)F)c2)c(C)c1. The summed E-state index contributed by atoms with van der Waals surface area (Å²) in [5.74, 6) is -0.581. The number of urea groups is 1. The Morgan fingerprint density at radius 1 is 1.07 bits per heavy atom. The van der Waals surface area contributed by atoms with Crippen molar-refractivity contribution in [1.82, 2.24) is 15.6 Å². The molecule has 0 aliphatic carbocycles. The zero-order chi connectivity index (χ0) is 22.3. The van der Waals surface area contributed by atoms with Gasteiger partial charge in [-0.05, 0) is 43.5 Å². The summed E-state index contributed by atoms with van der Waals surface area (Å²) in [6.07, 6.45) is -3.19. The van der Waals surface area contributed by atoms with Gasteiger partial charge in [-0.3, -0.25) is 4.79 Å². The summed E-state index contributed by atoms with van der Waals surface area (Å²) in [4.78, 5) is 27.7. The lowest BCUT2D eigenvalue weighted by Gasteiger charge is -2.13. The number of ether oxygens (including phenoxy) is 1. The molecule has 3 N–H and O–H groups in total. The molecule has 0 saturated carbocycles. The molecule has 162 valence electrons. The number of carbonyl (C=O) groups is 2. The number of anilines is 1. The Morgan fingerprint density at radius 3 is 2.37 bits per heavy atom. The highest BCUT2D eigenvalue weighted by molar-refractivity contribution is 5.95. The van der Waals surface area contributed by atoms with Crippen molar-refractivity contribution in [3.63, 3.8) is 0 Å². The fourth-order valence-corrected chi connectivity index (χ4v) is 2.76. The Morgan fingerprint density at radius 2 is 1.73 bits per heavy atom. The van der Waals surface area contributed by atoms with E-state index in [9.17, 15) is 22.8 Å². The predicted octanol–water partition coefficient (Wildman–Crippen LogP) is 3.39. The first-order chi connectivity index (χ1) is 14.0. The Hall–Kier alpha value is -3.30. The molecular weight excluding hydrogens is 401 g/mol. The second-order valence-corrected chi connectivity index (χ2v) is 6.76. The molecule has 0 aliphatic rings. The maximum Gasteiger partial charge on any atom is 0.422 e. The van der Waals surface area contributed by atoms with Crippen LogP contribution >= 0.6 is 0 Å². The van der Waals surface area contributed by atoms with Gasteiger partial charge in [-0.15, -0.1) is 0 Å². The van der Waals surface area contributed by atoms with Crippen LogP contribution in [0.15, 0.2) is 30.5 Å². The van der Waals surface area contributed by atoms with E-state index in [-0.39, 0.29) is 24.9 Å². The molecule has 0 radical (unpaired) electrons. The maximum absolute atomic E-state index is 12.2. The van der Waals surface area contributed by atoms with Gasteiger partial charge in [-0.2, -0.15) is 13.2 Å². The van der Waals surface area contributed by atoms with Gasteiger partial charge < -0.3 is 20.7 Å². The second kappa shape index (κ2) is 9.95. The lowest BCUT2D eigenvalue weighted by molar-refractivity contribution is -0.154. The molecule has 0 atom stereocenters. The molecule has 2 aromatic rings. The van der Waals surface area contributed by atoms with Crippen LogP contribution in [0.3, 0.4) is 0 Å². The summed E-state index contributed by atoms with van der Waals surface area (Å²) >= 11 is 0. The van der Waals surface area contributed by atoms with Gasteiger partial charge in [0.1, 0.15) is 0 Å². The third-order valence-corrected chi connectivity index (χ3v) is 3.99. The number of benzene rings is 1. The highest BCUT2D eigenvalue weighted by Gasteiger charge is 2.28. The summed E-state index contributed by atoms with van der Waals surface area (Å²) in [7, 11) is 0. The largest absolute Gasteiger partial charge is 0.468 e. The molecule has 1 heterocycles. The first kappa shape index (κ1) is 23.0. The quantitative estimate of drug-likeness (QED) is 0.635. The van der Waals surface area contributed by atoms with Crippen molar-refractivity contribution in [2.24, 2.45) is 0 Å². The number of amides is 3. The Labute approximate surface area is 172 Å². The minimum absolute atomic E-state index is 0.0223. The van der Waals surface area contributed by atoms with Crippen molar-refractivity contribution in [3.8, 4) is 5.88 Å². The van der Waals surface area contributed by atoms with E-state index >= 15 is 0 Å². The standard InChI is InChI=1S/C20H23F3N4O3/c1-12-6-13(2)18(14(3)7-12)27-16(28)10-26-19(29)25-9-15-4-5-24-17(8-15)30-11-20(21,22)23/h4-8H,9-11H2,1-3H3,(H,27,28)(H2,25,26,29). The van der Waals surface area contributed by atoms with Gasteiger partial charge >= 0.3 is 12.2 Å². The van der Waals surface area contributed by atoms with Crippen molar-refractivity contribution >= 4 is 17.6 Å². The fourth-order valence-electron chi connectivity index (χ4n) is 2.76. The Balaban J connectivity index is 1.79. The molecule has 0 saturated heterocycles. The minimum Gasteiger partial charge on any atom is -0.468 e. The van der Waals surface area contributed by atoms with Crippen molar-refractivity contribution < 1.29 is 27.5 Å². The van der Waals surface area contributed by atoms with Crippen LogP contribution in [0.1, 0.15) is 22.3 Å². The van der Waals surface area contributed by atoms with E-state index in [2.05, 4.69) is 25.7 Å². The van der Waals surface area contributed by atoms with Gasteiger partial charge in [0.15, 0.2) is 6.61 Å². The average Bonchev–Trinajstić information content (AvgIpc) is 2.65. The molecule has 2 rings (SSSR count). The summed E-state index contributed by atoms with van der Waals surface area (Å²) in [6, 6.07) is 6.11. The van der Waals surface area contributed by atoms with Crippen LogP contribution < -0.4 is 20.7 Å². The van der Waals surface area contributed by atoms with Crippen LogP contribution in [0.4, 0.5) is 23.7 Å². The highest BCUT2D eigenvalue weighted by Crippen LogP contribution is 2.21. The number of hydrogen-bond donors (Lipinski definition) is 3. The maximum atomic E-state index is 12.2. The topological polar surface area (TPSA) is 92.4 Å². The number of halogens is 3. The van der Waals surface area contributed by atoms with E-state index in [1.54, 1.807) is 0 Å². The van der Waals surface area contributed by atoms with Crippen LogP contribution in [0, 0.1) is 20.8 Å². The molecule has 0 aliphatic heterocycles. The van der Waals surface area contributed by atoms with E-state index in [0.29, 0.717) is 11.3 Å². The zero-order valence-electron chi connectivity index (χ0n) is 16.8. The number of aromatic nitrogens is 1. The molecule has 30 heavy (non-hydrogen) atoms. The molecule has 0 fully saturated rings. The zero-order valence-corrected chi connectivity index (χ0v) is 16.8. The van der Waals surface area contributed by atoms with Gasteiger partial charge in [0, 0.05) is 24.5 Å². The predicted molar refractivity (Wildman–Crippen MR) is 105 cm³/mol. The molecule has 1 aromatic heterocycles. The van der Waals surface area contributed by atoms with Crippen LogP contribution in [-0.4, -0.2) is 36.3 Å². The monoisotopic (exact) mass is 424 g/mol. The molecule has 7 nitrogen and oxygen atoms in total. The van der Waals surface area contributed by atoms with Gasteiger partial charge in [0.05, 0.1) is 6.54 Å². The van der Waals surface area contributed by atoms with Crippen LogP contribution in [0.5, 0.6) is 5.88 Å². The number of alkyl halides is 3. The van der Waals surface area contributed by atoms with Gasteiger partial charge in [0.2, 0.25) is 11.8 Å². The normalized spacial score (nSPS) is 11.0. The third-order valence-electron chi connectivity index (χ3n) is 3.99. The van der Waals surface area contributed by atoms with Gasteiger partial charge in [0.25, 0.3) is 0 Å². The second-order valence-electron chi connectivity index (χ2n) is 6.76. The van der Waals surface area contributed by atoms with Crippen LogP contribution in [0.25, 0.3) is 0 Å². The lowest BCUT2D eigenvalue weighted by Crippen LogP contribution is -2.39. The molecule has 3 amide bonds. The average molecular weight is 424 g/mol. The smallest absolute Gasteiger partial charge is 0.422 e. The van der Waals surface area contributed by atoms with Crippen molar-refractivity contribution in [3.05, 3.63) is 52.7 Å². The molecule has 1 aromatic carbocycles. The number of aryl methyl sites for hydroxylation is 3. The molecule has 10 heteroatoms. The van der Waals surface area contributed by atoms with E-state index in [0.717, 1.165) is 16.7 Å². The summed E-state index contributed by atoms with van der Waals surface area (Å²) < 4.78 is 41.1. The number of hydrogen-bond acceptors (Lipinski definition) is 4. The Bertz CT molecular complexity index is 893. The summed E-state index contributed by atoms with van der Waals surface area (Å²) in [6.45, 7) is 4.07. The van der Waals surface area contributed by atoms with Crippen LogP contribution in [0.2, 0.25) is 0 Å². The molecular formula is C20H23F3N4O3. The number of carbonyl (C=O) groups excluding carboxylic acids is 2. The fraction of sp³-hybridized carbons (Fsp3) is 0.350. The first-order valence-electron chi connectivity index (χ1n) is 9.07. The minimum atomic E-state index is -4.47. The van der Waals surface area contributed by atoms with Gasteiger partial charge in [-0.25, -0.2) is 9.78 Å². The molecule has 0 bridgehead atoms. The number of rotatable bonds is 7. The summed E-state index contributed by atoms with van der Waals surface area (Å²) in [5.41, 5.74) is 4.13. The summed E-state index contributed by atoms with van der Waals surface area (Å²) in [5, 5.41) is 7.71. The van der Waals surface area contributed by atoms with E-state index in [4.69, 9.17) is 0 Å². The van der Waals surface area contributed by atoms with Crippen molar-refractivity contribution in [2.75, 3.05) is 18.5 Å². The van der Waals surface area contributed by atoms with E-state index in [1.807, 2.05) is 32.9 Å². The van der Waals surface area contributed by atoms with Crippen molar-refractivity contribution in [1.29, 1.82) is 0 Å². The number of nitrogens with one attached hydrogen (secondary N) is 3. The van der Waals surface area contributed by atoms with Crippen molar-refractivity contribution in [2.45, 2.75) is 33.5 Å². The van der Waals surface area contributed by atoms with E-state index < -0.39 is 18.8 Å². The molecule has 0 spiro atoms.